The average molecular weight is 415 g/mol. The number of nitro benzene ring substituents is 1. The highest BCUT2D eigenvalue weighted by Gasteiger charge is 2.38. The number of halogens is 1. The molecule has 1 aliphatic heterocycles. The summed E-state index contributed by atoms with van der Waals surface area (Å²) in [5.74, 6) is -0.520. The minimum atomic E-state index is -4.09. The number of benzene rings is 1. The number of ether oxygens (including phenoxy) is 1. The van der Waals surface area contributed by atoms with Gasteiger partial charge < -0.3 is 4.74 Å². The van der Waals surface area contributed by atoms with E-state index in [-0.39, 0.29) is 28.8 Å². The third kappa shape index (κ3) is 4.67. The van der Waals surface area contributed by atoms with Gasteiger partial charge >= 0.3 is 5.97 Å². The monoisotopic (exact) mass is 414 g/mol. The van der Waals surface area contributed by atoms with Crippen molar-refractivity contribution in [1.29, 1.82) is 0 Å². The van der Waals surface area contributed by atoms with Gasteiger partial charge in [0, 0.05) is 24.2 Å². The summed E-state index contributed by atoms with van der Waals surface area (Å²) in [5, 5.41) is 10.7. The van der Waals surface area contributed by atoms with Crippen LogP contribution in [0.5, 0.6) is 0 Å². The van der Waals surface area contributed by atoms with Crippen LogP contribution < -0.4 is 0 Å². The van der Waals surface area contributed by atoms with Gasteiger partial charge in [-0.25, -0.2) is 13.2 Å². The normalized spacial score (nSPS) is 19.6. The van der Waals surface area contributed by atoms with Crippen LogP contribution in [0.2, 0.25) is 0 Å². The Bertz CT molecular complexity index is 866. The molecule has 0 saturated heterocycles. The Morgan fingerprint density at radius 1 is 1.41 bits per heavy atom. The summed E-state index contributed by atoms with van der Waals surface area (Å²) in [6, 6.07) is 3.42. The van der Waals surface area contributed by atoms with Gasteiger partial charge in [-0.05, 0) is 30.9 Å². The van der Waals surface area contributed by atoms with Crippen LogP contribution in [-0.2, 0) is 19.6 Å². The van der Waals surface area contributed by atoms with Crippen LogP contribution in [-0.4, -0.2) is 42.6 Å². The highest BCUT2D eigenvalue weighted by atomic mass is 35.5. The van der Waals surface area contributed by atoms with Crippen molar-refractivity contribution in [2.75, 3.05) is 13.0 Å². The van der Waals surface area contributed by atoms with Crippen LogP contribution in [0.15, 0.2) is 53.6 Å². The zero-order chi connectivity index (χ0) is 20.2. The van der Waals surface area contributed by atoms with Gasteiger partial charge in [-0.3, -0.25) is 14.4 Å². The lowest BCUT2D eigenvalue weighted by Gasteiger charge is -2.33. The van der Waals surface area contributed by atoms with Crippen LogP contribution in [0, 0.1) is 16.0 Å². The molecular formula is C17H19ClN2O6S. The highest BCUT2D eigenvalue weighted by molar-refractivity contribution is 7.89. The van der Waals surface area contributed by atoms with Crippen molar-refractivity contribution >= 4 is 33.3 Å². The number of hydrogen-bond donors (Lipinski definition) is 0. The number of carbonyl (C=O) groups is 1. The first-order chi connectivity index (χ1) is 12.7. The van der Waals surface area contributed by atoms with Gasteiger partial charge in [0.1, 0.15) is 6.04 Å². The number of nitro groups is 1. The SMILES string of the molecule is C=C(CCl)C[C@@H]1C=CN(S(=O)(=O)c2ccc([N+](=O)[O-])cc2)[C@H](C(=O)OC)C1. The number of methoxy groups -OCH3 is 1. The van der Waals surface area contributed by atoms with E-state index in [9.17, 15) is 23.3 Å². The Kier molecular flexibility index (Phi) is 6.61. The van der Waals surface area contributed by atoms with E-state index in [1.54, 1.807) is 6.08 Å². The number of allylic oxidation sites excluding steroid dienone is 2. The van der Waals surface area contributed by atoms with E-state index in [2.05, 4.69) is 6.58 Å². The molecular weight excluding hydrogens is 396 g/mol. The Morgan fingerprint density at radius 3 is 2.56 bits per heavy atom. The largest absolute Gasteiger partial charge is 0.467 e. The summed E-state index contributed by atoms with van der Waals surface area (Å²) in [5.41, 5.74) is 0.550. The predicted octanol–water partition coefficient (Wildman–Crippen LogP) is 2.85. The minimum absolute atomic E-state index is 0.108. The zero-order valence-electron chi connectivity index (χ0n) is 14.6. The number of hydrogen-bond acceptors (Lipinski definition) is 6. The minimum Gasteiger partial charge on any atom is -0.467 e. The maximum atomic E-state index is 12.9. The number of sulfonamides is 1. The molecule has 10 heteroatoms. The fourth-order valence-electron chi connectivity index (χ4n) is 2.80. The number of alkyl halides is 1. The summed E-state index contributed by atoms with van der Waals surface area (Å²) in [7, 11) is -2.91. The molecule has 2 atom stereocenters. The van der Waals surface area contributed by atoms with E-state index in [0.29, 0.717) is 6.42 Å². The van der Waals surface area contributed by atoms with Crippen molar-refractivity contribution < 1.29 is 22.9 Å². The quantitative estimate of drug-likeness (QED) is 0.223. The van der Waals surface area contributed by atoms with Gasteiger partial charge in [-0.1, -0.05) is 18.2 Å². The highest BCUT2D eigenvalue weighted by Crippen LogP contribution is 2.31. The van der Waals surface area contributed by atoms with Crippen molar-refractivity contribution in [3.8, 4) is 0 Å². The lowest BCUT2D eigenvalue weighted by Crippen LogP contribution is -2.45. The van der Waals surface area contributed by atoms with E-state index < -0.39 is 27.0 Å². The summed E-state index contributed by atoms with van der Waals surface area (Å²) < 4.78 is 31.6. The van der Waals surface area contributed by atoms with Crippen molar-refractivity contribution in [2.24, 2.45) is 5.92 Å². The Balaban J connectivity index is 2.37. The molecule has 0 fully saturated rings. The molecule has 1 aromatic rings. The Hall–Kier alpha value is -2.39. The topological polar surface area (TPSA) is 107 Å². The first-order valence-corrected chi connectivity index (χ1v) is 9.95. The van der Waals surface area contributed by atoms with Gasteiger partial charge in [-0.2, -0.15) is 0 Å². The number of carbonyl (C=O) groups excluding carboxylic acids is 1. The second-order valence-electron chi connectivity index (χ2n) is 6.05. The predicted molar refractivity (Wildman–Crippen MR) is 99.6 cm³/mol. The molecule has 1 heterocycles. The zero-order valence-corrected chi connectivity index (χ0v) is 16.1. The lowest BCUT2D eigenvalue weighted by molar-refractivity contribution is -0.384. The van der Waals surface area contributed by atoms with Crippen LogP contribution >= 0.6 is 11.6 Å². The van der Waals surface area contributed by atoms with E-state index in [4.69, 9.17) is 16.3 Å². The van der Waals surface area contributed by atoms with Crippen LogP contribution in [0.3, 0.4) is 0 Å². The number of esters is 1. The second kappa shape index (κ2) is 8.53. The Morgan fingerprint density at radius 2 is 2.04 bits per heavy atom. The number of nitrogens with zero attached hydrogens (tertiary/aromatic N) is 2. The van der Waals surface area contributed by atoms with Crippen LogP contribution in [0.25, 0.3) is 0 Å². The second-order valence-corrected chi connectivity index (χ2v) is 8.16. The fourth-order valence-corrected chi connectivity index (χ4v) is 4.37. The molecule has 146 valence electrons. The Labute approximate surface area is 162 Å². The van der Waals surface area contributed by atoms with E-state index in [1.807, 2.05) is 0 Å². The maximum Gasteiger partial charge on any atom is 0.329 e. The molecule has 8 nitrogen and oxygen atoms in total. The van der Waals surface area contributed by atoms with Gasteiger partial charge in [0.2, 0.25) is 0 Å². The van der Waals surface area contributed by atoms with Crippen LogP contribution in [0.1, 0.15) is 12.8 Å². The van der Waals surface area contributed by atoms with Crippen molar-refractivity contribution in [2.45, 2.75) is 23.8 Å². The van der Waals surface area contributed by atoms with Gasteiger partial charge in [0.15, 0.2) is 0 Å². The molecule has 0 aromatic heterocycles. The van der Waals surface area contributed by atoms with E-state index in [1.165, 1.54) is 13.3 Å². The van der Waals surface area contributed by atoms with Crippen molar-refractivity contribution in [1.82, 2.24) is 4.31 Å². The summed E-state index contributed by atoms with van der Waals surface area (Å²) in [6.45, 7) is 3.83. The van der Waals surface area contributed by atoms with Gasteiger partial charge in [-0.15, -0.1) is 11.6 Å². The molecule has 0 saturated carbocycles. The molecule has 1 aliphatic rings. The number of rotatable bonds is 7. The number of non-ortho nitro benzene ring substituents is 1. The third-order valence-electron chi connectivity index (χ3n) is 4.17. The summed E-state index contributed by atoms with van der Waals surface area (Å²) in [6.07, 6.45) is 3.75. The fraction of sp³-hybridized carbons (Fsp3) is 0.353. The molecule has 0 aliphatic carbocycles. The van der Waals surface area contributed by atoms with Crippen LogP contribution in [0.4, 0.5) is 5.69 Å². The van der Waals surface area contributed by atoms with E-state index >= 15 is 0 Å². The molecule has 0 amide bonds. The molecule has 0 spiro atoms. The molecule has 2 rings (SSSR count). The van der Waals surface area contributed by atoms with E-state index in [0.717, 1.165) is 34.1 Å². The molecule has 0 bridgehead atoms. The smallest absolute Gasteiger partial charge is 0.329 e. The van der Waals surface area contributed by atoms with Gasteiger partial charge in [0.25, 0.3) is 15.7 Å². The van der Waals surface area contributed by atoms with Crippen molar-refractivity contribution in [3.63, 3.8) is 0 Å². The standard InChI is InChI=1S/C17H19ClN2O6S/c1-12(11-18)9-13-7-8-19(16(10-13)17(21)26-2)27(24,25)15-5-3-14(4-6-15)20(22)23/h3-8,13,16H,1,9-11H2,2H3/t13-,16-/m0/s1. The first-order valence-electron chi connectivity index (χ1n) is 7.97. The average Bonchev–Trinajstić information content (AvgIpc) is 2.67. The lowest BCUT2D eigenvalue weighted by atomic mass is 9.91. The molecule has 0 radical (unpaired) electrons. The first kappa shape index (κ1) is 20.9. The summed E-state index contributed by atoms with van der Waals surface area (Å²) >= 11 is 5.74. The van der Waals surface area contributed by atoms with Crippen molar-refractivity contribution in [3.05, 3.63) is 58.8 Å². The molecule has 0 N–H and O–H groups in total. The maximum absolute atomic E-state index is 12.9. The molecule has 0 unspecified atom stereocenters. The molecule has 1 aromatic carbocycles. The molecule has 27 heavy (non-hydrogen) atoms. The summed E-state index contributed by atoms with van der Waals surface area (Å²) in [4.78, 5) is 22.2. The third-order valence-corrected chi connectivity index (χ3v) is 6.35. The van der Waals surface area contributed by atoms with Gasteiger partial charge in [0.05, 0.1) is 16.9 Å².